The fraction of sp³-hybridized carbons (Fsp3) is 0.647. The molecule has 5 nitrogen and oxygen atoms in total. The third kappa shape index (κ3) is 2.47. The molecule has 0 amide bonds. The van der Waals surface area contributed by atoms with Gasteiger partial charge in [-0.1, -0.05) is 6.42 Å². The van der Waals surface area contributed by atoms with Crippen molar-refractivity contribution in [3.8, 4) is 0 Å². The Morgan fingerprint density at radius 3 is 2.86 bits per heavy atom. The molecule has 1 saturated heterocycles. The highest BCUT2D eigenvalue weighted by atomic mass is 15.3. The SMILES string of the molecule is Cn1nc(N)c2ccc([C@@H]3CCCN(CC4CCC4)C3)nc21. The molecule has 2 aromatic heterocycles. The van der Waals surface area contributed by atoms with E-state index in [4.69, 9.17) is 10.7 Å². The zero-order valence-corrected chi connectivity index (χ0v) is 13.3. The Morgan fingerprint density at radius 2 is 2.09 bits per heavy atom. The van der Waals surface area contributed by atoms with E-state index >= 15 is 0 Å². The van der Waals surface area contributed by atoms with Crippen LogP contribution in [0.4, 0.5) is 5.82 Å². The molecule has 2 N–H and O–H groups in total. The van der Waals surface area contributed by atoms with Crippen LogP contribution in [0.1, 0.15) is 43.7 Å². The van der Waals surface area contributed by atoms with Crippen LogP contribution in [0.3, 0.4) is 0 Å². The van der Waals surface area contributed by atoms with Crippen molar-refractivity contribution >= 4 is 16.9 Å². The van der Waals surface area contributed by atoms with E-state index in [1.54, 1.807) is 4.68 Å². The largest absolute Gasteiger partial charge is 0.382 e. The van der Waals surface area contributed by atoms with Crippen LogP contribution in [-0.4, -0.2) is 39.3 Å². The Bertz CT molecular complexity index is 673. The maximum Gasteiger partial charge on any atom is 0.159 e. The van der Waals surface area contributed by atoms with Crippen molar-refractivity contribution in [1.29, 1.82) is 0 Å². The summed E-state index contributed by atoms with van der Waals surface area (Å²) in [6.45, 7) is 3.70. The number of rotatable bonds is 3. The number of aryl methyl sites for hydroxylation is 1. The first-order chi connectivity index (χ1) is 10.7. The molecular weight excluding hydrogens is 274 g/mol. The molecule has 4 rings (SSSR count). The summed E-state index contributed by atoms with van der Waals surface area (Å²) >= 11 is 0. The topological polar surface area (TPSA) is 60.0 Å². The van der Waals surface area contributed by atoms with Gasteiger partial charge in [-0.3, -0.25) is 0 Å². The van der Waals surface area contributed by atoms with Crippen molar-refractivity contribution in [2.45, 2.75) is 38.0 Å². The van der Waals surface area contributed by atoms with E-state index in [9.17, 15) is 0 Å². The highest BCUT2D eigenvalue weighted by molar-refractivity contribution is 5.86. The first-order valence-electron chi connectivity index (χ1n) is 8.52. The lowest BCUT2D eigenvalue weighted by Gasteiger charge is -2.37. The monoisotopic (exact) mass is 299 g/mol. The van der Waals surface area contributed by atoms with Gasteiger partial charge in [-0.05, 0) is 50.3 Å². The fourth-order valence-electron chi connectivity index (χ4n) is 3.90. The van der Waals surface area contributed by atoms with Gasteiger partial charge in [0.25, 0.3) is 0 Å². The molecule has 0 unspecified atom stereocenters. The van der Waals surface area contributed by atoms with E-state index in [1.165, 1.54) is 50.9 Å². The van der Waals surface area contributed by atoms with Crippen molar-refractivity contribution in [2.24, 2.45) is 13.0 Å². The summed E-state index contributed by atoms with van der Waals surface area (Å²) in [5.41, 5.74) is 8.04. The zero-order chi connectivity index (χ0) is 15.1. The third-order valence-electron chi connectivity index (χ3n) is 5.40. The van der Waals surface area contributed by atoms with Crippen LogP contribution in [0.25, 0.3) is 11.0 Å². The van der Waals surface area contributed by atoms with Gasteiger partial charge in [0, 0.05) is 31.7 Å². The molecule has 0 bridgehead atoms. The Hall–Kier alpha value is -1.62. The number of likely N-dealkylation sites (tertiary alicyclic amines) is 1. The molecule has 1 aliphatic heterocycles. The number of fused-ring (bicyclic) bond motifs is 1. The van der Waals surface area contributed by atoms with Crippen LogP contribution in [-0.2, 0) is 7.05 Å². The molecule has 1 aliphatic carbocycles. The first-order valence-corrected chi connectivity index (χ1v) is 8.52. The Kier molecular flexibility index (Phi) is 3.53. The Morgan fingerprint density at radius 1 is 1.23 bits per heavy atom. The smallest absolute Gasteiger partial charge is 0.159 e. The predicted molar refractivity (Wildman–Crippen MR) is 88.7 cm³/mol. The lowest BCUT2D eigenvalue weighted by Crippen LogP contribution is -2.39. The second kappa shape index (κ2) is 5.54. The molecule has 3 heterocycles. The highest BCUT2D eigenvalue weighted by Crippen LogP contribution is 2.32. The summed E-state index contributed by atoms with van der Waals surface area (Å²) in [6, 6.07) is 4.24. The third-order valence-corrected chi connectivity index (χ3v) is 5.40. The Balaban J connectivity index is 1.53. The molecule has 2 fully saturated rings. The van der Waals surface area contributed by atoms with E-state index in [0.29, 0.717) is 11.7 Å². The Labute approximate surface area is 131 Å². The van der Waals surface area contributed by atoms with Crippen molar-refractivity contribution in [3.05, 3.63) is 17.8 Å². The number of aromatic nitrogens is 3. The van der Waals surface area contributed by atoms with Crippen LogP contribution in [0.15, 0.2) is 12.1 Å². The van der Waals surface area contributed by atoms with Gasteiger partial charge in [0.05, 0.1) is 5.39 Å². The van der Waals surface area contributed by atoms with E-state index < -0.39 is 0 Å². The number of piperidine rings is 1. The van der Waals surface area contributed by atoms with Gasteiger partial charge >= 0.3 is 0 Å². The quantitative estimate of drug-likeness (QED) is 0.946. The fourth-order valence-corrected chi connectivity index (χ4v) is 3.90. The summed E-state index contributed by atoms with van der Waals surface area (Å²) in [4.78, 5) is 7.52. The molecule has 5 heteroatoms. The van der Waals surface area contributed by atoms with Crippen molar-refractivity contribution in [1.82, 2.24) is 19.7 Å². The average molecular weight is 299 g/mol. The second-order valence-electron chi connectivity index (χ2n) is 7.01. The molecule has 1 atom stereocenters. The molecule has 0 spiro atoms. The van der Waals surface area contributed by atoms with Crippen LogP contribution in [0.2, 0.25) is 0 Å². The van der Waals surface area contributed by atoms with E-state index in [1.807, 2.05) is 7.05 Å². The van der Waals surface area contributed by atoms with Crippen LogP contribution < -0.4 is 5.73 Å². The number of pyridine rings is 1. The molecule has 1 saturated carbocycles. The molecule has 0 aromatic carbocycles. The van der Waals surface area contributed by atoms with E-state index in [-0.39, 0.29) is 0 Å². The summed E-state index contributed by atoms with van der Waals surface area (Å²) in [5, 5.41) is 5.24. The number of anilines is 1. The second-order valence-corrected chi connectivity index (χ2v) is 7.01. The van der Waals surface area contributed by atoms with Crippen molar-refractivity contribution < 1.29 is 0 Å². The number of nitrogen functional groups attached to an aromatic ring is 1. The van der Waals surface area contributed by atoms with Crippen molar-refractivity contribution in [3.63, 3.8) is 0 Å². The van der Waals surface area contributed by atoms with Gasteiger partial charge < -0.3 is 10.6 Å². The van der Waals surface area contributed by atoms with E-state index in [2.05, 4.69) is 22.1 Å². The van der Waals surface area contributed by atoms with Crippen molar-refractivity contribution in [2.75, 3.05) is 25.4 Å². The average Bonchev–Trinajstić information content (AvgIpc) is 2.78. The molecule has 0 radical (unpaired) electrons. The molecule has 118 valence electrons. The van der Waals surface area contributed by atoms with Crippen LogP contribution in [0.5, 0.6) is 0 Å². The molecule has 2 aromatic rings. The standard InChI is InChI=1S/C17H25N5/c1-21-17-14(16(18)20-21)7-8-15(19-17)13-6-3-9-22(11-13)10-12-4-2-5-12/h7-8,12-13H,2-6,9-11H2,1H3,(H2,18,20)/t13-/m1/s1. The molecular formula is C17H25N5. The minimum absolute atomic E-state index is 0.550. The highest BCUT2D eigenvalue weighted by Gasteiger charge is 2.26. The van der Waals surface area contributed by atoms with Gasteiger partial charge in [0.15, 0.2) is 11.5 Å². The molecule has 2 aliphatic rings. The number of hydrogen-bond acceptors (Lipinski definition) is 4. The zero-order valence-electron chi connectivity index (χ0n) is 13.3. The lowest BCUT2D eigenvalue weighted by molar-refractivity contribution is 0.143. The van der Waals surface area contributed by atoms with Gasteiger partial charge in [0.1, 0.15) is 0 Å². The summed E-state index contributed by atoms with van der Waals surface area (Å²) in [6.07, 6.45) is 6.82. The minimum Gasteiger partial charge on any atom is -0.382 e. The van der Waals surface area contributed by atoms with Crippen LogP contribution >= 0.6 is 0 Å². The normalized spacial score (nSPS) is 23.8. The number of nitrogens with two attached hydrogens (primary N) is 1. The minimum atomic E-state index is 0.550. The summed E-state index contributed by atoms with van der Waals surface area (Å²) in [7, 11) is 1.92. The predicted octanol–water partition coefficient (Wildman–Crippen LogP) is 2.53. The number of nitrogens with zero attached hydrogens (tertiary/aromatic N) is 4. The summed E-state index contributed by atoms with van der Waals surface area (Å²) < 4.78 is 1.79. The maximum absolute atomic E-state index is 5.92. The van der Waals surface area contributed by atoms with Gasteiger partial charge in [-0.25, -0.2) is 9.67 Å². The van der Waals surface area contributed by atoms with Gasteiger partial charge in [0.2, 0.25) is 0 Å². The summed E-state index contributed by atoms with van der Waals surface area (Å²) in [5.74, 6) is 2.08. The van der Waals surface area contributed by atoms with E-state index in [0.717, 1.165) is 23.5 Å². The first kappa shape index (κ1) is 14.0. The maximum atomic E-state index is 5.92. The number of hydrogen-bond donors (Lipinski definition) is 1. The van der Waals surface area contributed by atoms with Gasteiger partial charge in [-0.2, -0.15) is 5.10 Å². The van der Waals surface area contributed by atoms with Crippen LogP contribution in [0, 0.1) is 5.92 Å². The molecule has 22 heavy (non-hydrogen) atoms. The lowest BCUT2D eigenvalue weighted by atomic mass is 9.84. The van der Waals surface area contributed by atoms with Gasteiger partial charge in [-0.15, -0.1) is 0 Å².